The summed E-state index contributed by atoms with van der Waals surface area (Å²) in [6, 6.07) is 8.18. The van der Waals surface area contributed by atoms with E-state index in [1.165, 1.54) is 5.56 Å². The number of imidazole rings is 1. The number of nitrogens with zero attached hydrogens (tertiary/aromatic N) is 2. The van der Waals surface area contributed by atoms with Crippen LogP contribution in [0.1, 0.15) is 31.5 Å². The fourth-order valence-corrected chi connectivity index (χ4v) is 2.92. The van der Waals surface area contributed by atoms with Crippen LogP contribution in [0.4, 0.5) is 0 Å². The minimum atomic E-state index is -1.08. The van der Waals surface area contributed by atoms with Gasteiger partial charge >= 0.3 is 11.9 Å². The van der Waals surface area contributed by atoms with Crippen molar-refractivity contribution in [2.45, 2.75) is 51.7 Å². The molecule has 0 saturated heterocycles. The number of aromatic nitrogens is 2. The molecular formula is C20H27N3O4. The quantitative estimate of drug-likeness (QED) is 0.558. The Kier molecular flexibility index (Phi) is 7.55. The molecule has 0 aliphatic carbocycles. The SMILES string of the molecule is CC(C)CC(NC(Cc1cn(CCc2ccccc2)cn1)C(=O)O)C(=O)O. The van der Waals surface area contributed by atoms with Crippen LogP contribution in [-0.2, 0) is 29.0 Å². The molecule has 0 spiro atoms. The Hall–Kier alpha value is -2.67. The molecule has 2 rings (SSSR count). The lowest BCUT2D eigenvalue weighted by Crippen LogP contribution is -2.48. The number of aliphatic carboxylic acids is 2. The molecule has 0 saturated carbocycles. The Morgan fingerprint density at radius 1 is 1.11 bits per heavy atom. The number of rotatable bonds is 11. The third-order valence-electron chi connectivity index (χ3n) is 4.31. The number of carboxylic acid groups (broad SMARTS) is 2. The number of hydrogen-bond donors (Lipinski definition) is 3. The molecule has 0 radical (unpaired) electrons. The Bertz CT molecular complexity index is 743. The predicted molar refractivity (Wildman–Crippen MR) is 102 cm³/mol. The summed E-state index contributed by atoms with van der Waals surface area (Å²) in [6.45, 7) is 4.55. The molecule has 2 unspecified atom stereocenters. The summed E-state index contributed by atoms with van der Waals surface area (Å²) in [4.78, 5) is 27.2. The van der Waals surface area contributed by atoms with Gasteiger partial charge in [0.1, 0.15) is 12.1 Å². The van der Waals surface area contributed by atoms with Gasteiger partial charge in [0.05, 0.1) is 12.0 Å². The van der Waals surface area contributed by atoms with Gasteiger partial charge in [0.2, 0.25) is 0 Å². The third kappa shape index (κ3) is 6.86. The summed E-state index contributed by atoms with van der Waals surface area (Å²) in [7, 11) is 0. The molecule has 2 atom stereocenters. The molecule has 0 bridgehead atoms. The number of aryl methyl sites for hydroxylation is 2. The van der Waals surface area contributed by atoms with E-state index < -0.39 is 24.0 Å². The molecule has 0 aliphatic heterocycles. The van der Waals surface area contributed by atoms with E-state index in [2.05, 4.69) is 22.4 Å². The fraction of sp³-hybridized carbons (Fsp3) is 0.450. The molecule has 1 aromatic carbocycles. The Morgan fingerprint density at radius 3 is 2.37 bits per heavy atom. The van der Waals surface area contributed by atoms with E-state index in [1.807, 2.05) is 42.8 Å². The monoisotopic (exact) mass is 373 g/mol. The minimum absolute atomic E-state index is 0.134. The van der Waals surface area contributed by atoms with Crippen LogP contribution in [-0.4, -0.2) is 43.8 Å². The van der Waals surface area contributed by atoms with Gasteiger partial charge in [-0.3, -0.25) is 14.9 Å². The normalized spacial score (nSPS) is 13.4. The summed E-state index contributed by atoms with van der Waals surface area (Å²) in [5.74, 6) is -1.97. The highest BCUT2D eigenvalue weighted by molar-refractivity contribution is 5.77. The smallest absolute Gasteiger partial charge is 0.321 e. The summed E-state index contributed by atoms with van der Waals surface area (Å²) in [6.07, 6.45) is 4.85. The van der Waals surface area contributed by atoms with Crippen molar-refractivity contribution >= 4 is 11.9 Å². The standard InChI is InChI=1S/C20H27N3O4/c1-14(2)10-17(19(24)25)22-18(20(26)27)11-16-12-23(13-21-16)9-8-15-6-4-3-5-7-15/h3-7,12-14,17-18,22H,8-11H2,1-2H3,(H,24,25)(H,26,27). The van der Waals surface area contributed by atoms with Crippen molar-refractivity contribution in [2.75, 3.05) is 0 Å². The summed E-state index contributed by atoms with van der Waals surface area (Å²) >= 11 is 0. The van der Waals surface area contributed by atoms with Crippen molar-refractivity contribution in [1.82, 2.24) is 14.9 Å². The van der Waals surface area contributed by atoms with Crippen molar-refractivity contribution in [3.05, 3.63) is 54.1 Å². The van der Waals surface area contributed by atoms with Crippen molar-refractivity contribution in [3.8, 4) is 0 Å². The van der Waals surface area contributed by atoms with E-state index >= 15 is 0 Å². The maximum atomic E-state index is 11.6. The first kappa shape index (κ1) is 20.6. The van der Waals surface area contributed by atoms with Crippen LogP contribution in [0.3, 0.4) is 0 Å². The van der Waals surface area contributed by atoms with Crippen LogP contribution in [0.2, 0.25) is 0 Å². The highest BCUT2D eigenvalue weighted by Gasteiger charge is 2.27. The lowest BCUT2D eigenvalue weighted by Gasteiger charge is -2.21. The van der Waals surface area contributed by atoms with Crippen LogP contribution in [0.25, 0.3) is 0 Å². The average Bonchev–Trinajstić information content (AvgIpc) is 3.06. The molecule has 3 N–H and O–H groups in total. The Labute approximate surface area is 159 Å². The van der Waals surface area contributed by atoms with E-state index in [4.69, 9.17) is 0 Å². The molecule has 7 heteroatoms. The third-order valence-corrected chi connectivity index (χ3v) is 4.31. The van der Waals surface area contributed by atoms with Gasteiger partial charge in [-0.05, 0) is 24.3 Å². The van der Waals surface area contributed by atoms with Gasteiger partial charge in [-0.1, -0.05) is 44.2 Å². The number of hydrogen-bond acceptors (Lipinski definition) is 4. The second kappa shape index (κ2) is 9.87. The zero-order valence-electron chi connectivity index (χ0n) is 15.7. The molecule has 27 heavy (non-hydrogen) atoms. The van der Waals surface area contributed by atoms with E-state index in [9.17, 15) is 19.8 Å². The highest BCUT2D eigenvalue weighted by atomic mass is 16.4. The molecule has 7 nitrogen and oxygen atoms in total. The summed E-state index contributed by atoms with van der Waals surface area (Å²) < 4.78 is 1.92. The number of benzene rings is 1. The van der Waals surface area contributed by atoms with Crippen LogP contribution >= 0.6 is 0 Å². The minimum Gasteiger partial charge on any atom is -0.480 e. The maximum absolute atomic E-state index is 11.6. The zero-order valence-corrected chi connectivity index (χ0v) is 15.7. The molecule has 146 valence electrons. The molecule has 0 amide bonds. The molecule has 1 heterocycles. The summed E-state index contributed by atoms with van der Waals surface area (Å²) in [5, 5.41) is 21.5. The van der Waals surface area contributed by atoms with Gasteiger partial charge in [-0.25, -0.2) is 4.98 Å². The predicted octanol–water partition coefficient (Wildman–Crippen LogP) is 2.21. The fourth-order valence-electron chi connectivity index (χ4n) is 2.92. The van der Waals surface area contributed by atoms with Gasteiger partial charge in [-0.15, -0.1) is 0 Å². The molecule has 0 aliphatic rings. The van der Waals surface area contributed by atoms with E-state index in [0.717, 1.165) is 13.0 Å². The Morgan fingerprint density at radius 2 is 1.78 bits per heavy atom. The van der Waals surface area contributed by atoms with Crippen LogP contribution in [0, 0.1) is 5.92 Å². The van der Waals surface area contributed by atoms with Crippen molar-refractivity contribution in [3.63, 3.8) is 0 Å². The van der Waals surface area contributed by atoms with Crippen molar-refractivity contribution in [1.29, 1.82) is 0 Å². The van der Waals surface area contributed by atoms with Crippen LogP contribution in [0.15, 0.2) is 42.9 Å². The van der Waals surface area contributed by atoms with Gasteiger partial charge in [0.15, 0.2) is 0 Å². The zero-order chi connectivity index (χ0) is 19.8. The lowest BCUT2D eigenvalue weighted by molar-refractivity contribution is -0.142. The maximum Gasteiger partial charge on any atom is 0.321 e. The molecule has 0 fully saturated rings. The average molecular weight is 373 g/mol. The lowest BCUT2D eigenvalue weighted by atomic mass is 10.0. The number of nitrogens with one attached hydrogen (secondary N) is 1. The van der Waals surface area contributed by atoms with Crippen molar-refractivity contribution < 1.29 is 19.8 Å². The van der Waals surface area contributed by atoms with E-state index in [1.54, 1.807) is 6.33 Å². The number of carboxylic acids is 2. The first-order valence-electron chi connectivity index (χ1n) is 9.11. The van der Waals surface area contributed by atoms with Gasteiger partial charge in [0, 0.05) is 19.2 Å². The van der Waals surface area contributed by atoms with Gasteiger partial charge < -0.3 is 14.8 Å². The molecule has 2 aromatic rings. The largest absolute Gasteiger partial charge is 0.480 e. The summed E-state index contributed by atoms with van der Waals surface area (Å²) in [5.41, 5.74) is 1.84. The topological polar surface area (TPSA) is 104 Å². The second-order valence-corrected chi connectivity index (χ2v) is 7.12. The first-order chi connectivity index (χ1) is 12.8. The van der Waals surface area contributed by atoms with Crippen LogP contribution in [0.5, 0.6) is 0 Å². The van der Waals surface area contributed by atoms with Crippen molar-refractivity contribution in [2.24, 2.45) is 5.92 Å². The van der Waals surface area contributed by atoms with E-state index in [-0.39, 0.29) is 12.3 Å². The van der Waals surface area contributed by atoms with Gasteiger partial charge in [-0.2, -0.15) is 0 Å². The van der Waals surface area contributed by atoms with Gasteiger partial charge in [0.25, 0.3) is 0 Å². The second-order valence-electron chi connectivity index (χ2n) is 7.12. The molecular weight excluding hydrogens is 346 g/mol. The number of carbonyl (C=O) groups is 2. The molecule has 1 aromatic heterocycles. The first-order valence-corrected chi connectivity index (χ1v) is 9.11. The van der Waals surface area contributed by atoms with E-state index in [0.29, 0.717) is 12.1 Å². The highest BCUT2D eigenvalue weighted by Crippen LogP contribution is 2.09. The van der Waals surface area contributed by atoms with Crippen LogP contribution < -0.4 is 5.32 Å². The Balaban J connectivity index is 1.96.